The van der Waals surface area contributed by atoms with Crippen molar-refractivity contribution in [2.45, 2.75) is 30.9 Å². The third kappa shape index (κ3) is 6.82. The van der Waals surface area contributed by atoms with Crippen LogP contribution in [0.15, 0.2) is 41.4 Å². The molecule has 1 amide bonds. The molecule has 0 aliphatic carbocycles. The van der Waals surface area contributed by atoms with Gasteiger partial charge in [-0.25, -0.2) is 13.4 Å². The van der Waals surface area contributed by atoms with Crippen LogP contribution in [0.4, 0.5) is 0 Å². The molecule has 0 radical (unpaired) electrons. The number of nitrogens with zero attached hydrogens (tertiary/aromatic N) is 4. The minimum atomic E-state index is -3.85. The smallest absolute Gasteiger partial charge is 0.259 e. The van der Waals surface area contributed by atoms with Crippen molar-refractivity contribution in [3.63, 3.8) is 0 Å². The Bertz CT molecular complexity index is 1300. The second-order valence-corrected chi connectivity index (χ2v) is 11.7. The number of likely N-dealkylation sites (N-methyl/N-ethyl adjacent to an activating group) is 1. The van der Waals surface area contributed by atoms with Gasteiger partial charge in [0.2, 0.25) is 15.9 Å². The van der Waals surface area contributed by atoms with E-state index in [2.05, 4.69) is 16.8 Å². The summed E-state index contributed by atoms with van der Waals surface area (Å²) in [6.45, 7) is 4.24. The number of benzene rings is 1. The maximum absolute atomic E-state index is 13.5. The van der Waals surface area contributed by atoms with Crippen LogP contribution in [-0.4, -0.2) is 105 Å². The predicted molar refractivity (Wildman–Crippen MR) is 144 cm³/mol. The zero-order chi connectivity index (χ0) is 28.0. The first kappa shape index (κ1) is 29.4. The van der Waals surface area contributed by atoms with Gasteiger partial charge in [0.1, 0.15) is 17.4 Å². The van der Waals surface area contributed by atoms with Crippen LogP contribution in [0.2, 0.25) is 0 Å². The highest BCUT2D eigenvalue weighted by molar-refractivity contribution is 7.89. The van der Waals surface area contributed by atoms with Gasteiger partial charge in [-0.1, -0.05) is 24.8 Å². The number of hydrogen-bond acceptors (Lipinski definition) is 8. The number of carbonyl (C=O) groups is 1. The number of sulfonamides is 1. The van der Waals surface area contributed by atoms with Gasteiger partial charge in [0.25, 0.3) is 5.91 Å². The van der Waals surface area contributed by atoms with Gasteiger partial charge in [0.15, 0.2) is 0 Å². The predicted octanol–water partition coefficient (Wildman–Crippen LogP) is 1.54. The quantitative estimate of drug-likeness (QED) is 0.498. The summed E-state index contributed by atoms with van der Waals surface area (Å²) < 4.78 is 39.3. The molecule has 1 aliphatic rings. The number of aliphatic hydroxyl groups is 1. The number of fused-ring (bicyclic) bond motifs is 1. The molecule has 10 nitrogen and oxygen atoms in total. The van der Waals surface area contributed by atoms with E-state index in [0.717, 1.165) is 0 Å². The topological polar surface area (TPSA) is 113 Å². The van der Waals surface area contributed by atoms with Crippen LogP contribution in [0.1, 0.15) is 29.8 Å². The van der Waals surface area contributed by atoms with Crippen LogP contribution in [0, 0.1) is 17.8 Å². The fourth-order valence-corrected chi connectivity index (χ4v) is 5.20. The van der Waals surface area contributed by atoms with Crippen LogP contribution in [-0.2, 0) is 10.0 Å². The first-order valence-corrected chi connectivity index (χ1v) is 13.7. The van der Waals surface area contributed by atoms with Gasteiger partial charge in [-0.3, -0.25) is 9.69 Å². The van der Waals surface area contributed by atoms with Crippen molar-refractivity contribution < 1.29 is 27.8 Å². The Morgan fingerprint density at radius 3 is 2.68 bits per heavy atom. The van der Waals surface area contributed by atoms with Gasteiger partial charge in [0.05, 0.1) is 37.7 Å². The molecule has 1 aliphatic heterocycles. The van der Waals surface area contributed by atoms with Crippen molar-refractivity contribution in [3.8, 4) is 23.5 Å². The molecule has 38 heavy (non-hydrogen) atoms. The molecule has 2 aromatic rings. The van der Waals surface area contributed by atoms with Gasteiger partial charge < -0.3 is 19.5 Å². The van der Waals surface area contributed by atoms with Crippen molar-refractivity contribution in [2.24, 2.45) is 5.92 Å². The zero-order valence-corrected chi connectivity index (χ0v) is 23.5. The number of methoxy groups -OCH3 is 1. The lowest BCUT2D eigenvalue weighted by atomic mass is 10.0. The van der Waals surface area contributed by atoms with Gasteiger partial charge in [-0.15, -0.1) is 0 Å². The number of aliphatic hydroxyl groups excluding tert-OH is 1. The molecule has 206 valence electrons. The second-order valence-electron chi connectivity index (χ2n) is 9.70. The summed E-state index contributed by atoms with van der Waals surface area (Å²) in [5.74, 6) is 5.98. The van der Waals surface area contributed by atoms with E-state index in [0.29, 0.717) is 17.9 Å². The Labute approximate surface area is 225 Å². The highest BCUT2D eigenvalue weighted by Gasteiger charge is 2.36. The maximum Gasteiger partial charge on any atom is 0.259 e. The minimum Gasteiger partial charge on any atom is -0.497 e. The van der Waals surface area contributed by atoms with E-state index in [9.17, 15) is 18.3 Å². The average Bonchev–Trinajstić information content (AvgIpc) is 2.90. The van der Waals surface area contributed by atoms with Crippen LogP contribution < -0.4 is 9.47 Å². The molecule has 0 unspecified atom stereocenters. The average molecular weight is 545 g/mol. The molecule has 1 N–H and O–H groups in total. The van der Waals surface area contributed by atoms with E-state index in [1.165, 1.54) is 36.8 Å². The zero-order valence-electron chi connectivity index (χ0n) is 22.7. The number of aromatic nitrogens is 1. The monoisotopic (exact) mass is 544 g/mol. The standard InChI is InChI=1S/C27H36N4O6S/c1-19-16-31(20(2)18-32)27(33)24-13-21(9-8-12-29(3)4)15-28-26(24)37-25(19)17-30(5)38(34,35)23-11-7-10-22(14-23)36-6/h7,10-11,13-15,19-20,25,32H,12,16-18H2,1-6H3/t19-,20-,25-/m0/s1. The number of carbonyl (C=O) groups excluding carboxylic acids is 1. The fourth-order valence-electron chi connectivity index (χ4n) is 3.98. The normalized spacial score (nSPS) is 18.7. The molecule has 3 atom stereocenters. The lowest BCUT2D eigenvalue weighted by molar-refractivity contribution is 0.0373. The molecule has 0 saturated carbocycles. The number of pyridine rings is 1. The maximum atomic E-state index is 13.5. The number of rotatable bonds is 8. The fraction of sp³-hybridized carbons (Fsp3) is 0.481. The minimum absolute atomic E-state index is 0.0156. The molecule has 0 saturated heterocycles. The molecule has 11 heteroatoms. The molecule has 3 rings (SSSR count). The van der Waals surface area contributed by atoms with E-state index in [-0.39, 0.29) is 47.9 Å². The van der Waals surface area contributed by atoms with E-state index >= 15 is 0 Å². The second kappa shape index (κ2) is 12.6. The number of ether oxygens (including phenoxy) is 2. The lowest BCUT2D eigenvalue weighted by Crippen LogP contribution is -2.50. The Balaban J connectivity index is 1.97. The first-order valence-electron chi connectivity index (χ1n) is 12.3. The van der Waals surface area contributed by atoms with Crippen LogP contribution in [0.5, 0.6) is 11.6 Å². The number of amides is 1. The van der Waals surface area contributed by atoms with E-state index in [1.54, 1.807) is 30.0 Å². The summed E-state index contributed by atoms with van der Waals surface area (Å²) in [7, 11) is 2.93. The summed E-state index contributed by atoms with van der Waals surface area (Å²) in [4.78, 5) is 21.5. The van der Waals surface area contributed by atoms with E-state index in [4.69, 9.17) is 9.47 Å². The van der Waals surface area contributed by atoms with Crippen LogP contribution in [0.25, 0.3) is 0 Å². The molecule has 0 spiro atoms. The van der Waals surface area contributed by atoms with Crippen molar-refractivity contribution in [1.29, 1.82) is 0 Å². The van der Waals surface area contributed by atoms with Crippen molar-refractivity contribution >= 4 is 15.9 Å². The third-order valence-electron chi connectivity index (χ3n) is 6.34. The van der Waals surface area contributed by atoms with Crippen molar-refractivity contribution in [1.82, 2.24) is 19.1 Å². The Morgan fingerprint density at radius 2 is 2.03 bits per heavy atom. The Morgan fingerprint density at radius 1 is 1.29 bits per heavy atom. The van der Waals surface area contributed by atoms with Crippen LogP contribution >= 0.6 is 0 Å². The Kier molecular flexibility index (Phi) is 9.73. The molecule has 1 aromatic heterocycles. The summed E-state index contributed by atoms with van der Waals surface area (Å²) in [6, 6.07) is 7.44. The molecule has 0 bridgehead atoms. The summed E-state index contributed by atoms with van der Waals surface area (Å²) in [5.41, 5.74) is 0.777. The Hall–Kier alpha value is -3.17. The summed E-state index contributed by atoms with van der Waals surface area (Å²) >= 11 is 0. The third-order valence-corrected chi connectivity index (χ3v) is 8.15. The molecule has 2 heterocycles. The highest BCUT2D eigenvalue weighted by Crippen LogP contribution is 2.28. The molecular weight excluding hydrogens is 508 g/mol. The largest absolute Gasteiger partial charge is 0.497 e. The van der Waals surface area contributed by atoms with Gasteiger partial charge in [-0.05, 0) is 39.2 Å². The van der Waals surface area contributed by atoms with Gasteiger partial charge in [-0.2, -0.15) is 4.31 Å². The summed E-state index contributed by atoms with van der Waals surface area (Å²) in [6.07, 6.45) is 0.910. The van der Waals surface area contributed by atoms with Crippen molar-refractivity contribution in [2.75, 3.05) is 54.5 Å². The highest BCUT2D eigenvalue weighted by atomic mass is 32.2. The van der Waals surface area contributed by atoms with E-state index < -0.39 is 22.2 Å². The first-order chi connectivity index (χ1) is 18.0. The lowest BCUT2D eigenvalue weighted by Gasteiger charge is -2.37. The molecular formula is C27H36N4O6S. The number of hydrogen-bond donors (Lipinski definition) is 1. The van der Waals surface area contributed by atoms with E-state index in [1.807, 2.05) is 25.9 Å². The SMILES string of the molecule is COc1cccc(S(=O)(=O)N(C)C[C@@H]2Oc3ncc(C#CCN(C)C)cc3C(=O)N([C@@H](C)CO)C[C@@H]2C)c1. The molecule has 1 aromatic carbocycles. The summed E-state index contributed by atoms with van der Waals surface area (Å²) in [5, 5.41) is 9.85. The van der Waals surface area contributed by atoms with Crippen LogP contribution in [0.3, 0.4) is 0 Å². The van der Waals surface area contributed by atoms with Gasteiger partial charge >= 0.3 is 0 Å². The van der Waals surface area contributed by atoms with Gasteiger partial charge in [0, 0.05) is 37.3 Å². The van der Waals surface area contributed by atoms with Crippen molar-refractivity contribution in [3.05, 3.63) is 47.7 Å². The molecule has 0 fully saturated rings.